The molecule has 0 spiro atoms. The Kier molecular flexibility index (Phi) is 4.33. The molecular formula is C15H17BrFN3O2. The van der Waals surface area contributed by atoms with E-state index in [9.17, 15) is 14.0 Å². The minimum Gasteiger partial charge on any atom is -0.352 e. The summed E-state index contributed by atoms with van der Waals surface area (Å²) in [6.07, 6.45) is 3.44. The number of urea groups is 1. The lowest BCUT2D eigenvalue weighted by Crippen LogP contribution is -2.48. The van der Waals surface area contributed by atoms with Gasteiger partial charge in [0.2, 0.25) is 5.91 Å². The molecule has 1 atom stereocenters. The van der Waals surface area contributed by atoms with Crippen LogP contribution in [0.15, 0.2) is 22.7 Å². The van der Waals surface area contributed by atoms with Crippen LogP contribution in [0.4, 0.5) is 14.9 Å². The standard InChI is InChI=1S/C15H17BrFN3O2/c16-9-3-6-12(11(17)8-9)19-15(22)20-7-1-2-13(20)14(21)18-10-4-5-10/h3,6,8,10,13H,1-2,4-5,7H2,(H,18,21)(H,19,22)/t13-/m0/s1. The predicted molar refractivity (Wildman–Crippen MR) is 84.0 cm³/mol. The molecule has 22 heavy (non-hydrogen) atoms. The maximum absolute atomic E-state index is 13.8. The Labute approximate surface area is 136 Å². The number of nitrogens with one attached hydrogen (secondary N) is 2. The molecular weight excluding hydrogens is 353 g/mol. The largest absolute Gasteiger partial charge is 0.352 e. The SMILES string of the molecule is O=C(NC1CC1)[C@@H]1CCCN1C(=O)Nc1ccc(Br)cc1F. The lowest BCUT2D eigenvalue weighted by Gasteiger charge is -2.24. The highest BCUT2D eigenvalue weighted by atomic mass is 79.9. The highest BCUT2D eigenvalue weighted by molar-refractivity contribution is 9.10. The molecule has 0 bridgehead atoms. The molecule has 1 aromatic carbocycles. The number of rotatable bonds is 3. The number of anilines is 1. The van der Waals surface area contributed by atoms with E-state index in [-0.39, 0.29) is 17.6 Å². The van der Waals surface area contributed by atoms with Gasteiger partial charge < -0.3 is 15.5 Å². The van der Waals surface area contributed by atoms with Crippen molar-refractivity contribution in [3.05, 3.63) is 28.5 Å². The summed E-state index contributed by atoms with van der Waals surface area (Å²) < 4.78 is 14.4. The fourth-order valence-electron chi connectivity index (χ4n) is 2.59. The van der Waals surface area contributed by atoms with Gasteiger partial charge in [-0.05, 0) is 43.9 Å². The van der Waals surface area contributed by atoms with Crippen molar-refractivity contribution in [1.82, 2.24) is 10.2 Å². The number of likely N-dealkylation sites (tertiary alicyclic amines) is 1. The third kappa shape index (κ3) is 3.40. The Hall–Kier alpha value is -1.63. The number of halogens is 2. The molecule has 2 aliphatic rings. The van der Waals surface area contributed by atoms with Gasteiger partial charge in [-0.3, -0.25) is 4.79 Å². The topological polar surface area (TPSA) is 61.4 Å². The Morgan fingerprint density at radius 2 is 2.05 bits per heavy atom. The highest BCUT2D eigenvalue weighted by Crippen LogP contribution is 2.24. The number of carbonyl (C=O) groups is 2. The summed E-state index contributed by atoms with van der Waals surface area (Å²) in [5.41, 5.74) is 0.112. The molecule has 1 aliphatic heterocycles. The number of benzene rings is 1. The molecule has 1 saturated heterocycles. The fourth-order valence-corrected chi connectivity index (χ4v) is 2.92. The van der Waals surface area contributed by atoms with Crippen molar-refractivity contribution in [3.63, 3.8) is 0 Å². The van der Waals surface area contributed by atoms with E-state index >= 15 is 0 Å². The van der Waals surface area contributed by atoms with E-state index < -0.39 is 17.9 Å². The minimum absolute atomic E-state index is 0.105. The highest BCUT2D eigenvalue weighted by Gasteiger charge is 2.36. The Morgan fingerprint density at radius 3 is 2.73 bits per heavy atom. The second-order valence-corrected chi connectivity index (χ2v) is 6.60. The Morgan fingerprint density at radius 1 is 1.27 bits per heavy atom. The van der Waals surface area contributed by atoms with E-state index in [1.807, 2.05) is 0 Å². The number of nitrogens with zero attached hydrogens (tertiary/aromatic N) is 1. The van der Waals surface area contributed by atoms with E-state index in [1.54, 1.807) is 6.07 Å². The number of hydrogen-bond acceptors (Lipinski definition) is 2. The molecule has 3 rings (SSSR count). The third-order valence-corrected chi connectivity index (χ3v) is 4.41. The van der Waals surface area contributed by atoms with Crippen molar-refractivity contribution in [2.24, 2.45) is 0 Å². The van der Waals surface area contributed by atoms with Crippen LogP contribution in [0, 0.1) is 5.82 Å². The zero-order valence-corrected chi connectivity index (χ0v) is 13.5. The van der Waals surface area contributed by atoms with E-state index in [1.165, 1.54) is 17.0 Å². The quantitative estimate of drug-likeness (QED) is 0.860. The van der Waals surface area contributed by atoms with Crippen LogP contribution in [-0.4, -0.2) is 35.5 Å². The summed E-state index contributed by atoms with van der Waals surface area (Å²) in [6.45, 7) is 0.507. The first-order valence-electron chi connectivity index (χ1n) is 7.37. The monoisotopic (exact) mass is 369 g/mol. The summed E-state index contributed by atoms with van der Waals surface area (Å²) in [6, 6.07) is 3.81. The second kappa shape index (κ2) is 6.24. The molecule has 2 fully saturated rings. The molecule has 2 N–H and O–H groups in total. The third-order valence-electron chi connectivity index (χ3n) is 3.91. The van der Waals surface area contributed by atoms with E-state index in [0.717, 1.165) is 19.3 Å². The maximum atomic E-state index is 13.8. The molecule has 1 saturated carbocycles. The molecule has 0 aromatic heterocycles. The zero-order chi connectivity index (χ0) is 15.7. The van der Waals surface area contributed by atoms with E-state index in [0.29, 0.717) is 17.4 Å². The van der Waals surface area contributed by atoms with Crippen molar-refractivity contribution in [2.45, 2.75) is 37.8 Å². The van der Waals surface area contributed by atoms with Crippen molar-refractivity contribution in [3.8, 4) is 0 Å². The minimum atomic E-state index is -0.513. The number of amides is 3. The van der Waals surface area contributed by atoms with Gasteiger partial charge in [-0.15, -0.1) is 0 Å². The molecule has 1 aliphatic carbocycles. The summed E-state index contributed by atoms with van der Waals surface area (Å²) >= 11 is 3.17. The molecule has 0 unspecified atom stereocenters. The summed E-state index contributed by atoms with van der Waals surface area (Å²) in [5, 5.41) is 5.47. The molecule has 5 nitrogen and oxygen atoms in total. The number of hydrogen-bond donors (Lipinski definition) is 2. The van der Waals surface area contributed by atoms with Gasteiger partial charge in [0.05, 0.1) is 5.69 Å². The normalized spacial score (nSPS) is 20.8. The van der Waals surface area contributed by atoms with Gasteiger partial charge >= 0.3 is 6.03 Å². The maximum Gasteiger partial charge on any atom is 0.322 e. The van der Waals surface area contributed by atoms with Crippen LogP contribution >= 0.6 is 15.9 Å². The first-order chi connectivity index (χ1) is 10.5. The van der Waals surface area contributed by atoms with Crippen molar-refractivity contribution >= 4 is 33.6 Å². The van der Waals surface area contributed by atoms with E-state index in [2.05, 4.69) is 26.6 Å². The van der Waals surface area contributed by atoms with Crippen LogP contribution in [-0.2, 0) is 4.79 Å². The zero-order valence-electron chi connectivity index (χ0n) is 11.9. The molecule has 7 heteroatoms. The molecule has 0 radical (unpaired) electrons. The van der Waals surface area contributed by atoms with Crippen LogP contribution in [0.2, 0.25) is 0 Å². The fraction of sp³-hybridized carbons (Fsp3) is 0.467. The van der Waals surface area contributed by atoms with Crippen LogP contribution in [0.25, 0.3) is 0 Å². The van der Waals surface area contributed by atoms with Gasteiger partial charge in [0.1, 0.15) is 11.9 Å². The van der Waals surface area contributed by atoms with Gasteiger partial charge in [0, 0.05) is 17.1 Å². The van der Waals surface area contributed by atoms with Gasteiger partial charge in [-0.2, -0.15) is 0 Å². The van der Waals surface area contributed by atoms with Crippen LogP contribution in [0.3, 0.4) is 0 Å². The van der Waals surface area contributed by atoms with Gasteiger partial charge in [-0.1, -0.05) is 15.9 Å². The van der Waals surface area contributed by atoms with Gasteiger partial charge in [-0.25, -0.2) is 9.18 Å². The van der Waals surface area contributed by atoms with Gasteiger partial charge in [0.25, 0.3) is 0 Å². The van der Waals surface area contributed by atoms with Crippen molar-refractivity contribution < 1.29 is 14.0 Å². The van der Waals surface area contributed by atoms with Crippen LogP contribution in [0.5, 0.6) is 0 Å². The second-order valence-electron chi connectivity index (χ2n) is 5.69. The van der Waals surface area contributed by atoms with Crippen molar-refractivity contribution in [1.29, 1.82) is 0 Å². The smallest absolute Gasteiger partial charge is 0.322 e. The summed E-state index contributed by atoms with van der Waals surface area (Å²) in [7, 11) is 0. The molecule has 3 amide bonds. The summed E-state index contributed by atoms with van der Waals surface area (Å²) in [5.74, 6) is -0.618. The molecule has 1 aromatic rings. The van der Waals surface area contributed by atoms with E-state index in [4.69, 9.17) is 0 Å². The summed E-state index contributed by atoms with van der Waals surface area (Å²) in [4.78, 5) is 26.0. The predicted octanol–water partition coefficient (Wildman–Crippen LogP) is 2.86. The average Bonchev–Trinajstić information content (AvgIpc) is 3.14. The van der Waals surface area contributed by atoms with Crippen LogP contribution < -0.4 is 10.6 Å². The Bertz CT molecular complexity index is 606. The first kappa shape index (κ1) is 15.3. The van der Waals surface area contributed by atoms with Crippen molar-refractivity contribution in [2.75, 3.05) is 11.9 Å². The molecule has 1 heterocycles. The van der Waals surface area contributed by atoms with Gasteiger partial charge in [0.15, 0.2) is 0 Å². The average molecular weight is 370 g/mol. The number of carbonyl (C=O) groups excluding carboxylic acids is 2. The lowest BCUT2D eigenvalue weighted by atomic mass is 10.2. The van der Waals surface area contributed by atoms with Crippen LogP contribution in [0.1, 0.15) is 25.7 Å². The Balaban J connectivity index is 1.66. The molecule has 118 valence electrons. The first-order valence-corrected chi connectivity index (χ1v) is 8.17. The lowest BCUT2D eigenvalue weighted by molar-refractivity contribution is -0.124.